The Morgan fingerprint density at radius 2 is 1.79 bits per heavy atom. The highest BCUT2D eigenvalue weighted by Crippen LogP contribution is 2.40. The first kappa shape index (κ1) is 15.3. The molecular formula is C21H24N2O. The van der Waals surface area contributed by atoms with Gasteiger partial charge in [0.25, 0.3) is 0 Å². The van der Waals surface area contributed by atoms with Gasteiger partial charge in [-0.3, -0.25) is 0 Å². The number of ether oxygens (including phenoxy) is 1. The molecule has 0 saturated heterocycles. The van der Waals surface area contributed by atoms with E-state index in [1.165, 1.54) is 37.7 Å². The van der Waals surface area contributed by atoms with Crippen LogP contribution in [0, 0.1) is 5.92 Å². The Bertz CT molecular complexity index is 803. The third kappa shape index (κ3) is 2.79. The summed E-state index contributed by atoms with van der Waals surface area (Å²) < 4.78 is 5.49. The Morgan fingerprint density at radius 1 is 1.00 bits per heavy atom. The largest absolute Gasteiger partial charge is 0.494 e. The zero-order valence-electron chi connectivity index (χ0n) is 14.2. The van der Waals surface area contributed by atoms with E-state index in [9.17, 15) is 0 Å². The molecule has 0 bridgehead atoms. The van der Waals surface area contributed by atoms with Crippen LogP contribution >= 0.6 is 0 Å². The van der Waals surface area contributed by atoms with Crippen LogP contribution in [0.15, 0.2) is 48.5 Å². The van der Waals surface area contributed by atoms with Gasteiger partial charge in [-0.15, -0.1) is 0 Å². The van der Waals surface area contributed by atoms with Crippen LogP contribution in [0.1, 0.15) is 49.4 Å². The molecule has 1 aliphatic rings. The van der Waals surface area contributed by atoms with Crippen LogP contribution in [-0.4, -0.2) is 17.1 Å². The smallest absolute Gasteiger partial charge is 0.146 e. The number of hydrogen-bond acceptors (Lipinski definition) is 2. The van der Waals surface area contributed by atoms with Crippen LogP contribution in [0.2, 0.25) is 0 Å². The molecule has 124 valence electrons. The number of benzene rings is 2. The number of imidazole rings is 1. The summed E-state index contributed by atoms with van der Waals surface area (Å²) >= 11 is 0. The van der Waals surface area contributed by atoms with Crippen molar-refractivity contribution in [1.29, 1.82) is 0 Å². The molecular weight excluding hydrogens is 296 g/mol. The van der Waals surface area contributed by atoms with E-state index in [1.54, 1.807) is 7.11 Å². The fraction of sp³-hybridized carbons (Fsp3) is 0.381. The topological polar surface area (TPSA) is 37.9 Å². The molecule has 3 aromatic rings. The number of para-hydroxylation sites is 1. The molecule has 24 heavy (non-hydrogen) atoms. The molecule has 1 saturated carbocycles. The summed E-state index contributed by atoms with van der Waals surface area (Å²) in [7, 11) is 1.71. The lowest BCUT2D eigenvalue weighted by molar-refractivity contribution is 0.322. The first-order valence-electron chi connectivity index (χ1n) is 8.94. The second kappa shape index (κ2) is 6.68. The van der Waals surface area contributed by atoms with E-state index in [1.807, 2.05) is 12.1 Å². The molecule has 1 aliphatic carbocycles. The van der Waals surface area contributed by atoms with Crippen LogP contribution in [0.5, 0.6) is 5.75 Å². The normalized spacial score (nSPS) is 17.0. The van der Waals surface area contributed by atoms with E-state index in [-0.39, 0.29) is 0 Å². The van der Waals surface area contributed by atoms with Gasteiger partial charge in [0.15, 0.2) is 0 Å². The van der Waals surface area contributed by atoms with Gasteiger partial charge in [-0.05, 0) is 36.5 Å². The highest BCUT2D eigenvalue weighted by Gasteiger charge is 2.29. The van der Waals surface area contributed by atoms with Crippen molar-refractivity contribution < 1.29 is 4.74 Å². The van der Waals surface area contributed by atoms with E-state index in [2.05, 4.69) is 41.4 Å². The Labute approximate surface area is 143 Å². The van der Waals surface area contributed by atoms with Crippen LogP contribution in [0.4, 0.5) is 0 Å². The third-order valence-corrected chi connectivity index (χ3v) is 5.29. The summed E-state index contributed by atoms with van der Waals surface area (Å²) in [6.07, 6.45) is 6.60. The quantitative estimate of drug-likeness (QED) is 0.710. The molecule has 1 unspecified atom stereocenters. The number of aromatic amines is 1. The molecule has 1 atom stereocenters. The van der Waals surface area contributed by atoms with Gasteiger partial charge in [-0.1, -0.05) is 55.7 Å². The number of methoxy groups -OCH3 is 1. The molecule has 1 N–H and O–H groups in total. The molecule has 1 heterocycles. The highest BCUT2D eigenvalue weighted by atomic mass is 16.5. The van der Waals surface area contributed by atoms with Gasteiger partial charge in [0, 0.05) is 5.92 Å². The molecule has 0 amide bonds. The van der Waals surface area contributed by atoms with E-state index in [0.717, 1.165) is 22.6 Å². The number of nitrogens with zero attached hydrogens (tertiary/aromatic N) is 1. The number of fused-ring (bicyclic) bond motifs is 1. The van der Waals surface area contributed by atoms with Crippen molar-refractivity contribution in [2.24, 2.45) is 5.92 Å². The molecule has 3 heteroatoms. The molecule has 1 aromatic heterocycles. The van der Waals surface area contributed by atoms with Crippen molar-refractivity contribution >= 4 is 11.0 Å². The monoisotopic (exact) mass is 320 g/mol. The zero-order chi connectivity index (χ0) is 16.4. The Hall–Kier alpha value is -2.29. The maximum atomic E-state index is 5.49. The minimum atomic E-state index is 0.337. The lowest BCUT2D eigenvalue weighted by Gasteiger charge is -2.29. The minimum Gasteiger partial charge on any atom is -0.494 e. The Kier molecular flexibility index (Phi) is 4.24. The summed E-state index contributed by atoms with van der Waals surface area (Å²) in [5.74, 6) is 2.91. The average Bonchev–Trinajstić information content (AvgIpc) is 3.07. The van der Waals surface area contributed by atoms with Gasteiger partial charge >= 0.3 is 0 Å². The number of nitrogens with one attached hydrogen (secondary N) is 1. The predicted molar refractivity (Wildman–Crippen MR) is 97.5 cm³/mol. The van der Waals surface area contributed by atoms with E-state index in [4.69, 9.17) is 9.72 Å². The number of rotatable bonds is 4. The number of aromatic nitrogens is 2. The van der Waals surface area contributed by atoms with Gasteiger partial charge < -0.3 is 9.72 Å². The van der Waals surface area contributed by atoms with E-state index < -0.39 is 0 Å². The first-order valence-corrected chi connectivity index (χ1v) is 8.94. The Balaban J connectivity index is 1.81. The fourth-order valence-electron chi connectivity index (χ4n) is 4.12. The summed E-state index contributed by atoms with van der Waals surface area (Å²) in [6.45, 7) is 0. The van der Waals surface area contributed by atoms with E-state index >= 15 is 0 Å². The van der Waals surface area contributed by atoms with Gasteiger partial charge in [-0.2, -0.15) is 0 Å². The molecule has 3 nitrogen and oxygen atoms in total. The van der Waals surface area contributed by atoms with Crippen molar-refractivity contribution in [3.8, 4) is 5.75 Å². The summed E-state index contributed by atoms with van der Waals surface area (Å²) in [4.78, 5) is 8.53. The van der Waals surface area contributed by atoms with Gasteiger partial charge in [0.2, 0.25) is 0 Å². The maximum Gasteiger partial charge on any atom is 0.146 e. The van der Waals surface area contributed by atoms with Crippen molar-refractivity contribution in [2.75, 3.05) is 7.11 Å². The predicted octanol–water partition coefficient (Wildman–Crippen LogP) is 5.28. The van der Waals surface area contributed by atoms with Crippen molar-refractivity contribution in [3.05, 3.63) is 59.9 Å². The van der Waals surface area contributed by atoms with Gasteiger partial charge in [0.05, 0.1) is 12.6 Å². The number of hydrogen-bond donors (Lipinski definition) is 1. The molecule has 0 spiro atoms. The third-order valence-electron chi connectivity index (χ3n) is 5.29. The van der Waals surface area contributed by atoms with Crippen molar-refractivity contribution in [2.45, 2.75) is 38.0 Å². The first-order chi connectivity index (χ1) is 11.9. The van der Waals surface area contributed by atoms with Crippen LogP contribution in [0.25, 0.3) is 11.0 Å². The van der Waals surface area contributed by atoms with Crippen molar-refractivity contribution in [1.82, 2.24) is 9.97 Å². The lowest BCUT2D eigenvalue weighted by atomic mass is 9.76. The maximum absolute atomic E-state index is 5.49. The van der Waals surface area contributed by atoms with Crippen LogP contribution in [0.3, 0.4) is 0 Å². The SMILES string of the molecule is COc1cccc2[nH]c(C(c3ccccc3)C3CCCCC3)nc12. The molecule has 1 fully saturated rings. The second-order valence-corrected chi connectivity index (χ2v) is 6.76. The Morgan fingerprint density at radius 3 is 2.54 bits per heavy atom. The molecule has 0 aliphatic heterocycles. The van der Waals surface area contributed by atoms with Gasteiger partial charge in [-0.25, -0.2) is 4.98 Å². The molecule has 0 radical (unpaired) electrons. The van der Waals surface area contributed by atoms with Crippen molar-refractivity contribution in [3.63, 3.8) is 0 Å². The summed E-state index contributed by atoms with van der Waals surface area (Å²) in [5, 5.41) is 0. The van der Waals surface area contributed by atoms with Crippen LogP contribution in [-0.2, 0) is 0 Å². The van der Waals surface area contributed by atoms with Crippen LogP contribution < -0.4 is 4.74 Å². The van der Waals surface area contributed by atoms with Gasteiger partial charge in [0.1, 0.15) is 17.1 Å². The van der Waals surface area contributed by atoms with E-state index in [0.29, 0.717) is 11.8 Å². The fourth-order valence-corrected chi connectivity index (χ4v) is 4.12. The minimum absolute atomic E-state index is 0.337. The highest BCUT2D eigenvalue weighted by molar-refractivity contribution is 5.81. The average molecular weight is 320 g/mol. The summed E-state index contributed by atoms with van der Waals surface area (Å²) in [6, 6.07) is 16.9. The standard InChI is InChI=1S/C21H24N2O/c1-24-18-14-8-13-17-20(18)23-21(22-17)19(15-9-4-2-5-10-15)16-11-6-3-7-12-16/h2,4-5,8-10,13-14,16,19H,3,6-7,11-12H2,1H3,(H,22,23). The molecule has 4 rings (SSSR count). The molecule has 2 aromatic carbocycles. The summed E-state index contributed by atoms with van der Waals surface area (Å²) in [5.41, 5.74) is 3.36. The zero-order valence-corrected chi connectivity index (χ0v) is 14.2. The number of H-pyrrole nitrogens is 1. The lowest BCUT2D eigenvalue weighted by Crippen LogP contribution is -2.18. The second-order valence-electron chi connectivity index (χ2n) is 6.76.